The molecule has 1 N–H and O–H groups in total. The van der Waals surface area contributed by atoms with Gasteiger partial charge in [0.05, 0.1) is 0 Å². The van der Waals surface area contributed by atoms with Crippen molar-refractivity contribution < 1.29 is 23.5 Å². The molecule has 1 aliphatic heterocycles. The van der Waals surface area contributed by atoms with Gasteiger partial charge in [0.25, 0.3) is 0 Å². The smallest absolute Gasteiger partial charge is 0.412 e. The Morgan fingerprint density at radius 1 is 1.00 bits per heavy atom. The number of hydrogen-bond donors (Lipinski definition) is 1. The second kappa shape index (κ2) is 16.9. The Labute approximate surface area is 239 Å². The largest absolute Gasteiger partial charge is 0.428 e. The molecule has 1 amide bonds. The summed E-state index contributed by atoms with van der Waals surface area (Å²) < 4.78 is 24.1. The molecule has 1 aromatic heterocycles. The average Bonchev–Trinajstić information content (AvgIpc) is 3.55. The third kappa shape index (κ3) is 10.1. The number of aromatic nitrogens is 1. The van der Waals surface area contributed by atoms with E-state index in [0.717, 1.165) is 61.4 Å². The highest BCUT2D eigenvalue weighted by atomic mass is 19.1. The van der Waals surface area contributed by atoms with Crippen LogP contribution in [0.2, 0.25) is 0 Å². The van der Waals surface area contributed by atoms with Crippen LogP contribution in [0.4, 0.5) is 9.18 Å². The monoisotopic (exact) mass is 554 g/mol. The summed E-state index contributed by atoms with van der Waals surface area (Å²) in [4.78, 5) is 29.4. The minimum Gasteiger partial charge on any atom is -0.428 e. The molecule has 7 heteroatoms. The standard InChI is InChI=1S/C33H47FN2O4/c1-3-4-5-6-7-8-9-10-11-12-13-14-15-16-17-18-31(37)39-26-40-32(38)36-22-21-33(2,25-36)29-24-35-30-20-19-27(34)23-28(29)30/h7-8,10-11,19-20,23-24,35H,3-6,9,12-18,21-22,25-26H2,1-2H3/b8-7-,11-10-. The molecule has 1 fully saturated rings. The van der Waals surface area contributed by atoms with E-state index in [-0.39, 0.29) is 24.0 Å². The molecule has 2 aromatic rings. The van der Waals surface area contributed by atoms with E-state index in [0.29, 0.717) is 19.5 Å². The number of fused-ring (bicyclic) bond motifs is 1. The van der Waals surface area contributed by atoms with Crippen molar-refractivity contribution in [1.82, 2.24) is 9.88 Å². The fourth-order valence-electron chi connectivity index (χ4n) is 5.32. The molecule has 220 valence electrons. The molecule has 6 nitrogen and oxygen atoms in total. The first-order chi connectivity index (χ1) is 19.4. The number of nitrogens with one attached hydrogen (secondary N) is 1. The van der Waals surface area contributed by atoms with Crippen molar-refractivity contribution in [3.05, 3.63) is 60.1 Å². The van der Waals surface area contributed by atoms with Gasteiger partial charge >= 0.3 is 12.1 Å². The zero-order chi connectivity index (χ0) is 28.6. The van der Waals surface area contributed by atoms with Crippen LogP contribution in [0.1, 0.15) is 103 Å². The van der Waals surface area contributed by atoms with E-state index < -0.39 is 6.09 Å². The number of carbonyl (C=O) groups is 2. The summed E-state index contributed by atoms with van der Waals surface area (Å²) in [5.74, 6) is -0.626. The highest BCUT2D eigenvalue weighted by Gasteiger charge is 2.39. The topological polar surface area (TPSA) is 71.6 Å². The fraction of sp³-hybridized carbons (Fsp3) is 0.576. The van der Waals surface area contributed by atoms with Crippen LogP contribution in [0.5, 0.6) is 0 Å². The average molecular weight is 555 g/mol. The molecule has 1 aliphatic rings. The number of hydrogen-bond acceptors (Lipinski definition) is 4. The quantitative estimate of drug-likeness (QED) is 0.0918. The number of nitrogens with zero attached hydrogens (tertiary/aromatic N) is 1. The predicted octanol–water partition coefficient (Wildman–Crippen LogP) is 8.72. The van der Waals surface area contributed by atoms with Crippen molar-refractivity contribution in [1.29, 1.82) is 0 Å². The minimum absolute atomic E-state index is 0.284. The summed E-state index contributed by atoms with van der Waals surface area (Å²) in [6.45, 7) is 4.90. The first-order valence-corrected chi connectivity index (χ1v) is 15.1. The molecule has 1 atom stereocenters. The molecular formula is C33H47FN2O4. The van der Waals surface area contributed by atoms with Gasteiger partial charge in [0.15, 0.2) is 0 Å². The summed E-state index contributed by atoms with van der Waals surface area (Å²) in [7, 11) is 0. The highest BCUT2D eigenvalue weighted by Crippen LogP contribution is 2.38. The lowest BCUT2D eigenvalue weighted by Crippen LogP contribution is -2.33. The molecule has 0 radical (unpaired) electrons. The van der Waals surface area contributed by atoms with Crippen LogP contribution in [0, 0.1) is 5.82 Å². The maximum Gasteiger partial charge on any atom is 0.412 e. The molecule has 2 heterocycles. The second-order valence-electron chi connectivity index (χ2n) is 11.1. The lowest BCUT2D eigenvalue weighted by Gasteiger charge is -2.24. The molecule has 3 rings (SSSR count). The van der Waals surface area contributed by atoms with Crippen LogP contribution in [-0.4, -0.2) is 41.8 Å². The van der Waals surface area contributed by atoms with Gasteiger partial charge < -0.3 is 19.4 Å². The fourth-order valence-corrected chi connectivity index (χ4v) is 5.32. The first kappa shape index (κ1) is 31.4. The van der Waals surface area contributed by atoms with Gasteiger partial charge in [-0.2, -0.15) is 0 Å². The Kier molecular flexibility index (Phi) is 13.3. The number of benzene rings is 1. The summed E-state index contributed by atoms with van der Waals surface area (Å²) in [5, 5.41) is 0.833. The predicted molar refractivity (Wildman–Crippen MR) is 159 cm³/mol. The van der Waals surface area contributed by atoms with Gasteiger partial charge in [-0.15, -0.1) is 0 Å². The number of allylic oxidation sites excluding steroid dienone is 4. The van der Waals surface area contributed by atoms with E-state index in [9.17, 15) is 14.0 Å². The van der Waals surface area contributed by atoms with Crippen molar-refractivity contribution >= 4 is 23.0 Å². The maximum absolute atomic E-state index is 13.8. The van der Waals surface area contributed by atoms with Crippen LogP contribution in [-0.2, 0) is 19.7 Å². The lowest BCUT2D eigenvalue weighted by atomic mass is 9.81. The normalized spacial score (nSPS) is 17.4. The van der Waals surface area contributed by atoms with Crippen LogP contribution in [0.3, 0.4) is 0 Å². The number of ether oxygens (including phenoxy) is 2. The second-order valence-corrected chi connectivity index (χ2v) is 11.1. The van der Waals surface area contributed by atoms with Gasteiger partial charge in [-0.25, -0.2) is 9.18 Å². The molecule has 1 aromatic carbocycles. The Balaban J connectivity index is 1.21. The van der Waals surface area contributed by atoms with Gasteiger partial charge in [-0.1, -0.05) is 70.3 Å². The van der Waals surface area contributed by atoms with Crippen molar-refractivity contribution in [2.75, 3.05) is 19.9 Å². The number of halogens is 1. The summed E-state index contributed by atoms with van der Waals surface area (Å²) in [5.41, 5.74) is 1.54. The zero-order valence-electron chi connectivity index (χ0n) is 24.4. The zero-order valence-corrected chi connectivity index (χ0v) is 24.4. The number of rotatable bonds is 17. The lowest BCUT2D eigenvalue weighted by molar-refractivity contribution is -0.152. The van der Waals surface area contributed by atoms with Crippen molar-refractivity contribution in [2.45, 2.75) is 103 Å². The first-order valence-electron chi connectivity index (χ1n) is 15.1. The van der Waals surface area contributed by atoms with Gasteiger partial charge in [0.1, 0.15) is 5.82 Å². The summed E-state index contributed by atoms with van der Waals surface area (Å²) in [6, 6.07) is 4.68. The number of unbranched alkanes of at least 4 members (excludes halogenated alkanes) is 8. The van der Waals surface area contributed by atoms with Crippen molar-refractivity contribution in [2.24, 2.45) is 0 Å². The Morgan fingerprint density at radius 3 is 2.50 bits per heavy atom. The van der Waals surface area contributed by atoms with E-state index in [1.54, 1.807) is 11.0 Å². The van der Waals surface area contributed by atoms with E-state index in [1.807, 2.05) is 6.20 Å². The van der Waals surface area contributed by atoms with Gasteiger partial charge in [0, 0.05) is 42.0 Å². The van der Waals surface area contributed by atoms with Crippen molar-refractivity contribution in [3.63, 3.8) is 0 Å². The number of H-pyrrole nitrogens is 1. The summed E-state index contributed by atoms with van der Waals surface area (Å²) >= 11 is 0. The molecule has 0 bridgehead atoms. The van der Waals surface area contributed by atoms with Gasteiger partial charge in [0.2, 0.25) is 6.79 Å². The Hall–Kier alpha value is -3.09. The van der Waals surface area contributed by atoms with E-state index >= 15 is 0 Å². The molecule has 1 saturated heterocycles. The van der Waals surface area contributed by atoms with E-state index in [1.165, 1.54) is 44.2 Å². The molecule has 0 aliphatic carbocycles. The molecule has 0 spiro atoms. The van der Waals surface area contributed by atoms with Crippen LogP contribution >= 0.6 is 0 Å². The van der Waals surface area contributed by atoms with Crippen LogP contribution in [0.15, 0.2) is 48.7 Å². The SMILES string of the molecule is CCCCC/C=C\C/C=C\CCCCCCCC(=O)OCOC(=O)N1CCC(C)(c2c[nH]c3ccc(F)cc23)C1. The van der Waals surface area contributed by atoms with E-state index in [2.05, 4.69) is 43.1 Å². The third-order valence-electron chi connectivity index (χ3n) is 7.76. The number of esters is 1. The Bertz CT molecular complexity index is 1120. The molecular weight excluding hydrogens is 507 g/mol. The van der Waals surface area contributed by atoms with Crippen LogP contribution < -0.4 is 0 Å². The maximum atomic E-state index is 13.8. The molecule has 40 heavy (non-hydrogen) atoms. The summed E-state index contributed by atoms with van der Waals surface area (Å²) in [6.07, 6.45) is 23.9. The number of amides is 1. The van der Waals surface area contributed by atoms with Gasteiger partial charge in [-0.05, 0) is 68.7 Å². The minimum atomic E-state index is -0.500. The van der Waals surface area contributed by atoms with Gasteiger partial charge in [-0.3, -0.25) is 4.79 Å². The Morgan fingerprint density at radius 2 is 1.73 bits per heavy atom. The number of carbonyl (C=O) groups excluding carboxylic acids is 2. The highest BCUT2D eigenvalue weighted by molar-refractivity contribution is 5.84. The molecule has 0 saturated carbocycles. The van der Waals surface area contributed by atoms with E-state index in [4.69, 9.17) is 9.47 Å². The molecule has 1 unspecified atom stereocenters. The number of aromatic amines is 1. The number of likely N-dealkylation sites (tertiary alicyclic amines) is 1. The third-order valence-corrected chi connectivity index (χ3v) is 7.76. The van der Waals surface area contributed by atoms with Crippen molar-refractivity contribution in [3.8, 4) is 0 Å². The van der Waals surface area contributed by atoms with Crippen LogP contribution in [0.25, 0.3) is 10.9 Å².